The largest absolute Gasteiger partial charge is 1.00 e. The first-order chi connectivity index (χ1) is 15.0. The molecule has 0 fully saturated rings. The van der Waals surface area contributed by atoms with Gasteiger partial charge in [-0.15, -0.1) is 10.2 Å². The molecule has 32 heavy (non-hydrogen) atoms. The number of ether oxygens (including phenoxy) is 3. The van der Waals surface area contributed by atoms with Crippen molar-refractivity contribution in [2.24, 2.45) is 0 Å². The van der Waals surface area contributed by atoms with Crippen molar-refractivity contribution in [1.82, 2.24) is 10.2 Å². The zero-order valence-corrected chi connectivity index (χ0v) is 21.0. The summed E-state index contributed by atoms with van der Waals surface area (Å²) in [6.07, 6.45) is -0.746. The third-order valence-electron chi connectivity index (χ3n) is 4.53. The maximum absolute atomic E-state index is 10.9. The molecule has 162 valence electrons. The van der Waals surface area contributed by atoms with Crippen molar-refractivity contribution in [3.05, 3.63) is 70.7 Å². The summed E-state index contributed by atoms with van der Waals surface area (Å²) in [5.74, 6) is -0.0824. The fourth-order valence-electron chi connectivity index (χ4n) is 3.00. The van der Waals surface area contributed by atoms with E-state index in [4.69, 9.17) is 25.8 Å². The van der Waals surface area contributed by atoms with E-state index >= 15 is 0 Å². The third kappa shape index (κ3) is 7.18. The van der Waals surface area contributed by atoms with Gasteiger partial charge in [-0.3, -0.25) is 0 Å². The Labute approximate surface area is 214 Å². The van der Waals surface area contributed by atoms with E-state index < -0.39 is 12.1 Å². The van der Waals surface area contributed by atoms with E-state index in [2.05, 4.69) is 10.2 Å². The maximum Gasteiger partial charge on any atom is 1.00 e. The topological polar surface area (TPSA) is 93.6 Å². The molecular formula is C23H22ClN2NaO5. The number of carbonyl (C=O) groups is 1. The molecule has 1 heterocycles. The van der Waals surface area contributed by atoms with Crippen LogP contribution in [0.1, 0.15) is 30.6 Å². The molecule has 0 amide bonds. The molecule has 1 atom stereocenters. The van der Waals surface area contributed by atoms with Gasteiger partial charge in [-0.05, 0) is 48.4 Å². The van der Waals surface area contributed by atoms with E-state index in [0.29, 0.717) is 35.6 Å². The number of hydrogen-bond acceptors (Lipinski definition) is 7. The van der Waals surface area contributed by atoms with E-state index in [1.807, 2.05) is 19.1 Å². The second kappa shape index (κ2) is 12.8. The van der Waals surface area contributed by atoms with E-state index in [-0.39, 0.29) is 36.0 Å². The van der Waals surface area contributed by atoms with Gasteiger partial charge >= 0.3 is 29.6 Å². The van der Waals surface area contributed by atoms with Crippen LogP contribution in [0.25, 0.3) is 11.3 Å². The monoisotopic (exact) mass is 464 g/mol. The third-order valence-corrected chi connectivity index (χ3v) is 4.86. The second-order valence-corrected chi connectivity index (χ2v) is 7.06. The molecule has 0 saturated heterocycles. The van der Waals surface area contributed by atoms with Crippen LogP contribution in [-0.2, 0) is 16.1 Å². The Hall–Kier alpha value is -2.16. The number of halogens is 1. The van der Waals surface area contributed by atoms with Crippen molar-refractivity contribution in [3.63, 3.8) is 0 Å². The molecule has 0 aliphatic heterocycles. The summed E-state index contributed by atoms with van der Waals surface area (Å²) in [6.45, 7) is 2.55. The molecule has 0 spiro atoms. The molecule has 2 aromatic carbocycles. The zero-order valence-electron chi connectivity index (χ0n) is 18.2. The van der Waals surface area contributed by atoms with Crippen LogP contribution in [0.4, 0.5) is 0 Å². The predicted molar refractivity (Wildman–Crippen MR) is 114 cm³/mol. The molecule has 3 rings (SSSR count). The molecule has 0 saturated carbocycles. The van der Waals surface area contributed by atoms with E-state index in [9.17, 15) is 9.90 Å². The smallest absolute Gasteiger partial charge is 0.550 e. The normalized spacial score (nSPS) is 11.3. The molecule has 9 heteroatoms. The minimum absolute atomic E-state index is 0. The van der Waals surface area contributed by atoms with Gasteiger partial charge in [0, 0.05) is 30.6 Å². The van der Waals surface area contributed by atoms with E-state index in [0.717, 1.165) is 16.7 Å². The number of hydrogen-bond donors (Lipinski definition) is 0. The number of rotatable bonds is 10. The molecule has 0 unspecified atom stereocenters. The van der Waals surface area contributed by atoms with Gasteiger partial charge in [0.2, 0.25) is 5.88 Å². The first-order valence-electron chi connectivity index (χ1n) is 9.71. The number of carboxylic acid groups (broad SMARTS) is 1. The standard InChI is InChI=1S/C23H23ClN2O5.Na/c1-3-30-21(13-23(27)28)16-5-7-17(8-6-16)31-14-15-4-9-19(24)18(12-15)20-10-11-22(29-2)26-25-20;/h4-12,21H,3,13-14H2,1-2H3,(H,27,28);/q;+1/p-1/t21-;/m0./s1. The predicted octanol–water partition coefficient (Wildman–Crippen LogP) is 0.606. The molecule has 1 aromatic heterocycles. The minimum atomic E-state index is -1.15. The van der Waals surface area contributed by atoms with Crippen LogP contribution in [0.3, 0.4) is 0 Å². The second-order valence-electron chi connectivity index (χ2n) is 6.65. The number of aromatic nitrogens is 2. The number of aliphatic carboxylic acids is 1. The van der Waals surface area contributed by atoms with Gasteiger partial charge in [-0.1, -0.05) is 29.8 Å². The average molecular weight is 465 g/mol. The number of methoxy groups -OCH3 is 1. The fraction of sp³-hybridized carbons (Fsp3) is 0.261. The minimum Gasteiger partial charge on any atom is -0.550 e. The number of nitrogens with zero attached hydrogens (tertiary/aromatic N) is 2. The first kappa shape index (κ1) is 26.1. The van der Waals surface area contributed by atoms with E-state index in [1.165, 1.54) is 7.11 Å². The van der Waals surface area contributed by atoms with Gasteiger partial charge in [0.1, 0.15) is 12.4 Å². The van der Waals surface area contributed by atoms with Crippen molar-refractivity contribution in [2.75, 3.05) is 13.7 Å². The van der Waals surface area contributed by atoms with Gasteiger partial charge in [-0.2, -0.15) is 0 Å². The molecule has 0 aliphatic rings. The Morgan fingerprint density at radius 2 is 1.84 bits per heavy atom. The average Bonchev–Trinajstić information content (AvgIpc) is 2.78. The van der Waals surface area contributed by atoms with Crippen LogP contribution in [0.2, 0.25) is 5.02 Å². The Kier molecular flexibility index (Phi) is 10.4. The van der Waals surface area contributed by atoms with Crippen LogP contribution >= 0.6 is 11.6 Å². The number of benzene rings is 2. The van der Waals surface area contributed by atoms with Crippen molar-refractivity contribution >= 4 is 17.6 Å². The van der Waals surface area contributed by atoms with Crippen LogP contribution in [-0.4, -0.2) is 29.9 Å². The molecule has 0 bridgehead atoms. The molecule has 0 N–H and O–H groups in total. The van der Waals surface area contributed by atoms with Crippen molar-refractivity contribution in [2.45, 2.75) is 26.1 Å². The van der Waals surface area contributed by atoms with Gasteiger partial charge in [0.15, 0.2) is 0 Å². The summed E-state index contributed by atoms with van der Waals surface area (Å²) in [7, 11) is 1.53. The van der Waals surface area contributed by atoms with Crippen LogP contribution < -0.4 is 44.1 Å². The molecule has 7 nitrogen and oxygen atoms in total. The Morgan fingerprint density at radius 3 is 2.44 bits per heavy atom. The molecule has 3 aromatic rings. The quantitative estimate of drug-likeness (QED) is 0.406. The van der Waals surface area contributed by atoms with Gasteiger partial charge in [-0.25, -0.2) is 0 Å². The Bertz CT molecular complexity index is 1020. The van der Waals surface area contributed by atoms with Crippen LogP contribution in [0.5, 0.6) is 11.6 Å². The summed E-state index contributed by atoms with van der Waals surface area (Å²) < 4.78 is 16.4. The summed E-state index contributed by atoms with van der Waals surface area (Å²) in [5.41, 5.74) is 3.04. The van der Waals surface area contributed by atoms with Crippen molar-refractivity contribution in [1.29, 1.82) is 0 Å². The molecular weight excluding hydrogens is 443 g/mol. The van der Waals surface area contributed by atoms with E-state index in [1.54, 1.807) is 42.5 Å². The molecule has 0 aliphatic carbocycles. The number of carboxylic acids is 1. The van der Waals surface area contributed by atoms with Crippen LogP contribution in [0, 0.1) is 0 Å². The van der Waals surface area contributed by atoms with Crippen molar-refractivity contribution in [3.8, 4) is 22.9 Å². The summed E-state index contributed by atoms with van der Waals surface area (Å²) >= 11 is 6.33. The first-order valence-corrected chi connectivity index (χ1v) is 10.1. The maximum atomic E-state index is 10.9. The van der Waals surface area contributed by atoms with Gasteiger partial charge < -0.3 is 24.1 Å². The number of carbonyl (C=O) groups excluding carboxylic acids is 1. The zero-order chi connectivity index (χ0) is 22.2. The molecule has 0 radical (unpaired) electrons. The summed E-state index contributed by atoms with van der Waals surface area (Å²) in [6, 6.07) is 16.2. The van der Waals surface area contributed by atoms with Crippen LogP contribution in [0.15, 0.2) is 54.6 Å². The Balaban J connectivity index is 0.00000363. The Morgan fingerprint density at radius 1 is 1.09 bits per heavy atom. The SMILES string of the molecule is CCO[C@@H](CC(=O)[O-])c1ccc(OCc2ccc(Cl)c(-c3ccc(OC)nn3)c2)cc1.[Na+]. The van der Waals surface area contributed by atoms with Crippen molar-refractivity contribution < 1.29 is 53.7 Å². The van der Waals surface area contributed by atoms with Gasteiger partial charge in [0.05, 0.1) is 23.9 Å². The summed E-state index contributed by atoms with van der Waals surface area (Å²) in [5, 5.41) is 19.6. The fourth-order valence-corrected chi connectivity index (χ4v) is 3.22. The van der Waals surface area contributed by atoms with Gasteiger partial charge in [0.25, 0.3) is 0 Å². The summed E-state index contributed by atoms with van der Waals surface area (Å²) in [4.78, 5) is 10.9.